The maximum atomic E-state index is 13.2. The minimum atomic E-state index is -1.62. The van der Waals surface area contributed by atoms with Crippen LogP contribution in [0, 0.1) is 17.5 Å². The molecule has 2 aromatic rings. The van der Waals surface area contributed by atoms with E-state index in [0.29, 0.717) is 38.3 Å². The monoisotopic (exact) mass is 407 g/mol. The van der Waals surface area contributed by atoms with Gasteiger partial charge in [0.05, 0.1) is 0 Å². The number of hydrogen-bond donors (Lipinski definition) is 2. The van der Waals surface area contributed by atoms with Crippen LogP contribution in [0.15, 0.2) is 36.5 Å². The van der Waals surface area contributed by atoms with Gasteiger partial charge in [-0.05, 0) is 19.1 Å². The molecule has 7 nitrogen and oxygen atoms in total. The largest absolute Gasteiger partial charge is 0.353 e. The fourth-order valence-electron chi connectivity index (χ4n) is 2.90. The van der Waals surface area contributed by atoms with E-state index in [1.165, 1.54) is 6.92 Å². The average Bonchev–Trinajstić information content (AvgIpc) is 2.72. The highest BCUT2D eigenvalue weighted by Gasteiger charge is 2.24. The molecule has 1 atom stereocenters. The van der Waals surface area contributed by atoms with Crippen LogP contribution in [0.2, 0.25) is 0 Å². The van der Waals surface area contributed by atoms with Crippen molar-refractivity contribution in [3.8, 4) is 0 Å². The molecule has 3 amide bonds. The van der Waals surface area contributed by atoms with Crippen LogP contribution in [-0.4, -0.2) is 54.0 Å². The summed E-state index contributed by atoms with van der Waals surface area (Å²) in [6.45, 7) is 3.53. The van der Waals surface area contributed by atoms with Crippen molar-refractivity contribution in [1.29, 1.82) is 0 Å². The molecule has 154 valence electrons. The maximum Gasteiger partial charge on any atom is 0.318 e. The first-order valence-electron chi connectivity index (χ1n) is 9.02. The Balaban J connectivity index is 1.51. The van der Waals surface area contributed by atoms with Crippen LogP contribution in [0.4, 0.5) is 29.5 Å². The second-order valence-electron chi connectivity index (χ2n) is 6.58. The van der Waals surface area contributed by atoms with Crippen molar-refractivity contribution in [2.45, 2.75) is 13.0 Å². The zero-order valence-corrected chi connectivity index (χ0v) is 15.7. The smallest absolute Gasteiger partial charge is 0.318 e. The van der Waals surface area contributed by atoms with E-state index in [2.05, 4.69) is 20.5 Å². The molecule has 1 fully saturated rings. The summed E-state index contributed by atoms with van der Waals surface area (Å²) in [7, 11) is 0. The maximum absolute atomic E-state index is 13.2. The lowest BCUT2D eigenvalue weighted by Gasteiger charge is -2.35. The summed E-state index contributed by atoms with van der Waals surface area (Å²) in [6, 6.07) is 5.55. The molecule has 1 aromatic heterocycles. The van der Waals surface area contributed by atoms with Crippen molar-refractivity contribution in [3.63, 3.8) is 0 Å². The SMILES string of the molecule is C[C@H](NC(=O)N1CCN(c2ccccn2)CC1)C(=O)Nc1cc(F)c(F)c(F)c1. The van der Waals surface area contributed by atoms with E-state index in [0.717, 1.165) is 5.82 Å². The first-order valence-corrected chi connectivity index (χ1v) is 9.02. The normalized spacial score (nSPS) is 15.0. The Morgan fingerprint density at radius 2 is 1.72 bits per heavy atom. The summed E-state index contributed by atoms with van der Waals surface area (Å²) in [5.41, 5.74) is -0.239. The highest BCUT2D eigenvalue weighted by atomic mass is 19.2. The van der Waals surface area contributed by atoms with Gasteiger partial charge in [-0.1, -0.05) is 6.07 Å². The Morgan fingerprint density at radius 1 is 1.07 bits per heavy atom. The summed E-state index contributed by atoms with van der Waals surface area (Å²) >= 11 is 0. The second kappa shape index (κ2) is 8.80. The number of benzene rings is 1. The van der Waals surface area contributed by atoms with E-state index in [1.54, 1.807) is 11.1 Å². The predicted molar refractivity (Wildman–Crippen MR) is 101 cm³/mol. The lowest BCUT2D eigenvalue weighted by atomic mass is 10.2. The molecule has 3 rings (SSSR count). The fourth-order valence-corrected chi connectivity index (χ4v) is 2.90. The lowest BCUT2D eigenvalue weighted by Crippen LogP contribution is -2.54. The van der Waals surface area contributed by atoms with E-state index in [1.807, 2.05) is 18.2 Å². The Labute approximate surface area is 165 Å². The highest BCUT2D eigenvalue weighted by Crippen LogP contribution is 2.17. The van der Waals surface area contributed by atoms with Crippen molar-refractivity contribution < 1.29 is 22.8 Å². The number of piperazine rings is 1. The number of nitrogens with zero attached hydrogens (tertiary/aromatic N) is 3. The molecule has 0 saturated carbocycles. The van der Waals surface area contributed by atoms with E-state index in [4.69, 9.17) is 0 Å². The van der Waals surface area contributed by atoms with E-state index >= 15 is 0 Å². The lowest BCUT2D eigenvalue weighted by molar-refractivity contribution is -0.117. The Hall–Kier alpha value is -3.30. The van der Waals surface area contributed by atoms with Crippen molar-refractivity contribution in [1.82, 2.24) is 15.2 Å². The molecule has 0 spiro atoms. The molecule has 29 heavy (non-hydrogen) atoms. The van der Waals surface area contributed by atoms with Crippen LogP contribution in [0.25, 0.3) is 0 Å². The van der Waals surface area contributed by atoms with E-state index in [9.17, 15) is 22.8 Å². The Morgan fingerprint density at radius 3 is 2.31 bits per heavy atom. The number of anilines is 2. The standard InChI is InChI=1S/C19H20F3N5O2/c1-12(18(28)25-13-10-14(20)17(22)15(21)11-13)24-19(29)27-8-6-26(7-9-27)16-4-2-3-5-23-16/h2-5,10-12H,6-9H2,1H3,(H,24,29)(H,25,28)/t12-/m0/s1. The number of amides is 3. The molecular weight excluding hydrogens is 387 g/mol. The molecule has 0 radical (unpaired) electrons. The van der Waals surface area contributed by atoms with Gasteiger partial charge in [0.1, 0.15) is 11.9 Å². The summed E-state index contributed by atoms with van der Waals surface area (Å²) in [6.07, 6.45) is 1.70. The first-order chi connectivity index (χ1) is 13.8. The van der Waals surface area contributed by atoms with Crippen LogP contribution in [-0.2, 0) is 4.79 Å². The number of nitrogens with one attached hydrogen (secondary N) is 2. The number of hydrogen-bond acceptors (Lipinski definition) is 4. The Bertz CT molecular complexity index is 866. The zero-order valence-electron chi connectivity index (χ0n) is 15.7. The third kappa shape index (κ3) is 4.95. The molecule has 0 unspecified atom stereocenters. The van der Waals surface area contributed by atoms with Gasteiger partial charge in [0, 0.05) is 50.2 Å². The number of urea groups is 1. The van der Waals surface area contributed by atoms with Gasteiger partial charge >= 0.3 is 6.03 Å². The zero-order chi connectivity index (χ0) is 21.0. The van der Waals surface area contributed by atoms with Crippen molar-refractivity contribution in [3.05, 3.63) is 54.0 Å². The number of halogens is 3. The van der Waals surface area contributed by atoms with Gasteiger partial charge in [-0.2, -0.15) is 0 Å². The minimum absolute atomic E-state index is 0.239. The number of carbonyl (C=O) groups excluding carboxylic acids is 2. The van der Waals surface area contributed by atoms with Gasteiger partial charge in [0.25, 0.3) is 0 Å². The number of aromatic nitrogens is 1. The summed E-state index contributed by atoms with van der Waals surface area (Å²) in [5.74, 6) is -4.30. The van der Waals surface area contributed by atoms with E-state index in [-0.39, 0.29) is 5.69 Å². The average molecular weight is 407 g/mol. The topological polar surface area (TPSA) is 77.6 Å². The molecule has 2 heterocycles. The van der Waals surface area contributed by atoms with Crippen LogP contribution in [0.1, 0.15) is 6.92 Å². The molecule has 10 heteroatoms. The fraction of sp³-hybridized carbons (Fsp3) is 0.316. The number of rotatable bonds is 4. The molecule has 1 aliphatic rings. The Kier molecular flexibility index (Phi) is 6.20. The summed E-state index contributed by atoms with van der Waals surface area (Å²) < 4.78 is 39.5. The molecule has 2 N–H and O–H groups in total. The van der Waals surface area contributed by atoms with Crippen molar-refractivity contribution in [2.75, 3.05) is 36.4 Å². The molecule has 1 aromatic carbocycles. The summed E-state index contributed by atoms with van der Waals surface area (Å²) in [4.78, 5) is 32.5. The quantitative estimate of drug-likeness (QED) is 0.763. The molecule has 1 saturated heterocycles. The van der Waals surface area contributed by atoms with E-state index < -0.39 is 35.4 Å². The molecule has 0 bridgehead atoms. The molecular formula is C19H20F3N5O2. The third-order valence-corrected chi connectivity index (χ3v) is 4.52. The van der Waals surface area contributed by atoms with Crippen LogP contribution in [0.3, 0.4) is 0 Å². The molecule has 1 aliphatic heterocycles. The predicted octanol–water partition coefficient (Wildman–Crippen LogP) is 2.36. The van der Waals surface area contributed by atoms with Crippen molar-refractivity contribution >= 4 is 23.4 Å². The highest BCUT2D eigenvalue weighted by molar-refractivity contribution is 5.96. The summed E-state index contributed by atoms with van der Waals surface area (Å²) in [5, 5.41) is 4.80. The van der Waals surface area contributed by atoms with Crippen LogP contribution >= 0.6 is 0 Å². The second-order valence-corrected chi connectivity index (χ2v) is 6.58. The third-order valence-electron chi connectivity index (χ3n) is 4.52. The van der Waals surface area contributed by atoms with Gasteiger partial charge in [0.2, 0.25) is 5.91 Å². The first kappa shape index (κ1) is 20.4. The number of carbonyl (C=O) groups is 2. The van der Waals surface area contributed by atoms with Gasteiger partial charge < -0.3 is 20.4 Å². The van der Waals surface area contributed by atoms with Crippen LogP contribution in [0.5, 0.6) is 0 Å². The van der Waals surface area contributed by atoms with Gasteiger partial charge in [-0.3, -0.25) is 4.79 Å². The van der Waals surface area contributed by atoms with Gasteiger partial charge in [0.15, 0.2) is 17.5 Å². The minimum Gasteiger partial charge on any atom is -0.353 e. The number of pyridine rings is 1. The van der Waals surface area contributed by atoms with Gasteiger partial charge in [-0.15, -0.1) is 0 Å². The van der Waals surface area contributed by atoms with Crippen LogP contribution < -0.4 is 15.5 Å². The molecule has 0 aliphatic carbocycles. The van der Waals surface area contributed by atoms with Crippen molar-refractivity contribution in [2.24, 2.45) is 0 Å². The van der Waals surface area contributed by atoms with Gasteiger partial charge in [-0.25, -0.2) is 22.9 Å².